The van der Waals surface area contributed by atoms with Gasteiger partial charge in [0.1, 0.15) is 0 Å². The highest BCUT2D eigenvalue weighted by Crippen LogP contribution is 2.25. The summed E-state index contributed by atoms with van der Waals surface area (Å²) in [4.78, 5) is 21.4. The zero-order chi connectivity index (χ0) is 19.8. The van der Waals surface area contributed by atoms with E-state index in [-0.39, 0.29) is 6.03 Å². The van der Waals surface area contributed by atoms with Crippen molar-refractivity contribution in [1.82, 2.24) is 14.8 Å². The molecule has 8 heteroatoms. The van der Waals surface area contributed by atoms with E-state index in [2.05, 4.69) is 15.2 Å². The Balaban J connectivity index is 1.62. The minimum atomic E-state index is -0.211. The van der Waals surface area contributed by atoms with Gasteiger partial charge in [-0.05, 0) is 36.8 Å². The van der Waals surface area contributed by atoms with Crippen LogP contribution in [0.1, 0.15) is 12.1 Å². The standard InChI is InChI=1S/C20H24Cl2N4O2/c21-16-5-6-19(18(22)14-16)24-20(27)26(15-17-4-1-2-7-23-17)9-3-8-25-10-12-28-13-11-25/h1-2,4-7,14H,3,8-13,15H2,(H,24,27). The van der Waals surface area contributed by atoms with Crippen molar-refractivity contribution in [2.75, 3.05) is 44.7 Å². The van der Waals surface area contributed by atoms with Crippen molar-refractivity contribution in [2.24, 2.45) is 0 Å². The number of urea groups is 1. The van der Waals surface area contributed by atoms with Gasteiger partial charge in [-0.2, -0.15) is 0 Å². The molecule has 0 aliphatic carbocycles. The van der Waals surface area contributed by atoms with Crippen LogP contribution in [0, 0.1) is 0 Å². The Bertz CT molecular complexity index is 770. The first-order valence-corrected chi connectivity index (χ1v) is 10.1. The molecule has 0 spiro atoms. The summed E-state index contributed by atoms with van der Waals surface area (Å²) in [6.45, 7) is 5.39. The number of anilines is 1. The van der Waals surface area contributed by atoms with Crippen molar-refractivity contribution in [3.63, 3.8) is 0 Å². The molecule has 1 N–H and O–H groups in total. The Morgan fingerprint density at radius 2 is 2.04 bits per heavy atom. The number of rotatable bonds is 7. The molecule has 1 aromatic carbocycles. The van der Waals surface area contributed by atoms with Gasteiger partial charge in [0, 0.05) is 37.4 Å². The van der Waals surface area contributed by atoms with Crippen LogP contribution in [-0.4, -0.2) is 60.2 Å². The molecule has 0 unspecified atom stereocenters. The molecule has 150 valence electrons. The number of ether oxygens (including phenoxy) is 1. The third-order valence-corrected chi connectivity index (χ3v) is 5.09. The molecular weight excluding hydrogens is 399 g/mol. The third kappa shape index (κ3) is 6.34. The van der Waals surface area contributed by atoms with Crippen LogP contribution in [-0.2, 0) is 11.3 Å². The van der Waals surface area contributed by atoms with E-state index in [0.29, 0.717) is 28.8 Å². The van der Waals surface area contributed by atoms with E-state index in [1.807, 2.05) is 18.2 Å². The molecule has 6 nitrogen and oxygen atoms in total. The van der Waals surface area contributed by atoms with Gasteiger partial charge in [0.25, 0.3) is 0 Å². The molecule has 1 fully saturated rings. The Labute approximate surface area is 175 Å². The molecule has 2 aromatic rings. The first-order chi connectivity index (χ1) is 13.6. The summed E-state index contributed by atoms with van der Waals surface area (Å²) in [6, 6.07) is 10.5. The second-order valence-electron chi connectivity index (χ2n) is 6.60. The van der Waals surface area contributed by atoms with E-state index in [1.165, 1.54) is 0 Å². The summed E-state index contributed by atoms with van der Waals surface area (Å²) >= 11 is 12.1. The normalized spacial score (nSPS) is 14.6. The van der Waals surface area contributed by atoms with Crippen LogP contribution in [0.15, 0.2) is 42.6 Å². The molecule has 1 saturated heterocycles. The van der Waals surface area contributed by atoms with Gasteiger partial charge >= 0.3 is 6.03 Å². The summed E-state index contributed by atoms with van der Waals surface area (Å²) < 4.78 is 5.38. The Hall–Kier alpha value is -1.86. The van der Waals surface area contributed by atoms with Gasteiger partial charge in [-0.1, -0.05) is 29.3 Å². The molecule has 28 heavy (non-hydrogen) atoms. The number of nitrogens with zero attached hydrogens (tertiary/aromatic N) is 3. The topological polar surface area (TPSA) is 57.7 Å². The van der Waals surface area contributed by atoms with Gasteiger partial charge in [0.2, 0.25) is 0 Å². The fourth-order valence-corrected chi connectivity index (χ4v) is 3.49. The number of pyridine rings is 1. The van der Waals surface area contributed by atoms with Gasteiger partial charge in [-0.25, -0.2) is 4.79 Å². The van der Waals surface area contributed by atoms with Crippen LogP contribution in [0.3, 0.4) is 0 Å². The molecule has 0 radical (unpaired) electrons. The number of benzene rings is 1. The SMILES string of the molecule is O=C(Nc1ccc(Cl)cc1Cl)N(CCCN1CCOCC1)Cc1ccccn1. The van der Waals surface area contributed by atoms with E-state index < -0.39 is 0 Å². The first kappa shape index (κ1) is 20.9. The Kier molecular flexibility index (Phi) is 7.91. The largest absolute Gasteiger partial charge is 0.379 e. The van der Waals surface area contributed by atoms with E-state index in [1.54, 1.807) is 29.3 Å². The van der Waals surface area contributed by atoms with Crippen molar-refractivity contribution >= 4 is 34.9 Å². The van der Waals surface area contributed by atoms with Crippen molar-refractivity contribution in [3.05, 3.63) is 58.3 Å². The van der Waals surface area contributed by atoms with Gasteiger partial charge in [0.15, 0.2) is 0 Å². The maximum absolute atomic E-state index is 12.9. The zero-order valence-corrected chi connectivity index (χ0v) is 17.1. The van der Waals surface area contributed by atoms with Crippen LogP contribution < -0.4 is 5.32 Å². The molecule has 0 bridgehead atoms. The predicted molar refractivity (Wildman–Crippen MR) is 112 cm³/mol. The number of carbonyl (C=O) groups is 1. The Morgan fingerprint density at radius 3 is 2.75 bits per heavy atom. The first-order valence-electron chi connectivity index (χ1n) is 9.33. The van der Waals surface area contributed by atoms with Crippen LogP contribution in [0.25, 0.3) is 0 Å². The minimum absolute atomic E-state index is 0.211. The van der Waals surface area contributed by atoms with Crippen LogP contribution >= 0.6 is 23.2 Å². The number of morpholine rings is 1. The van der Waals surface area contributed by atoms with Crippen LogP contribution in [0.5, 0.6) is 0 Å². The monoisotopic (exact) mass is 422 g/mol. The number of halogens is 2. The highest BCUT2D eigenvalue weighted by Gasteiger charge is 2.17. The van der Waals surface area contributed by atoms with Crippen LogP contribution in [0.2, 0.25) is 10.0 Å². The number of nitrogens with one attached hydrogen (secondary N) is 1. The van der Waals surface area contributed by atoms with Crippen LogP contribution in [0.4, 0.5) is 10.5 Å². The molecular formula is C20H24Cl2N4O2. The lowest BCUT2D eigenvalue weighted by Crippen LogP contribution is -2.40. The van der Waals surface area contributed by atoms with E-state index in [0.717, 1.165) is 45.0 Å². The van der Waals surface area contributed by atoms with Crippen molar-refractivity contribution in [3.8, 4) is 0 Å². The molecule has 1 aromatic heterocycles. The predicted octanol–water partition coefficient (Wildman–Crippen LogP) is 4.14. The molecule has 1 aliphatic heterocycles. The quantitative estimate of drug-likeness (QED) is 0.727. The fourth-order valence-electron chi connectivity index (χ4n) is 3.03. The number of hydrogen-bond donors (Lipinski definition) is 1. The smallest absolute Gasteiger partial charge is 0.322 e. The lowest BCUT2D eigenvalue weighted by atomic mass is 10.3. The average Bonchev–Trinajstić information content (AvgIpc) is 2.71. The maximum atomic E-state index is 12.9. The molecule has 2 heterocycles. The maximum Gasteiger partial charge on any atom is 0.322 e. The van der Waals surface area contributed by atoms with Crippen molar-refractivity contribution in [1.29, 1.82) is 0 Å². The highest BCUT2D eigenvalue weighted by molar-refractivity contribution is 6.36. The van der Waals surface area contributed by atoms with E-state index in [9.17, 15) is 4.79 Å². The number of amides is 2. The second-order valence-corrected chi connectivity index (χ2v) is 7.45. The summed E-state index contributed by atoms with van der Waals surface area (Å²) in [5, 5.41) is 3.82. The summed E-state index contributed by atoms with van der Waals surface area (Å²) in [5.74, 6) is 0. The number of aromatic nitrogens is 1. The lowest BCUT2D eigenvalue weighted by Gasteiger charge is -2.28. The second kappa shape index (κ2) is 10.6. The molecule has 0 saturated carbocycles. The summed E-state index contributed by atoms with van der Waals surface area (Å²) in [6.07, 6.45) is 2.60. The van der Waals surface area contributed by atoms with Crippen molar-refractivity contribution < 1.29 is 9.53 Å². The van der Waals surface area contributed by atoms with E-state index in [4.69, 9.17) is 27.9 Å². The fraction of sp³-hybridized carbons (Fsp3) is 0.400. The summed E-state index contributed by atoms with van der Waals surface area (Å²) in [5.41, 5.74) is 1.38. The van der Waals surface area contributed by atoms with Gasteiger partial charge in [-0.3, -0.25) is 9.88 Å². The number of carbonyl (C=O) groups excluding carboxylic acids is 1. The van der Waals surface area contributed by atoms with Gasteiger partial charge in [-0.15, -0.1) is 0 Å². The minimum Gasteiger partial charge on any atom is -0.379 e. The zero-order valence-electron chi connectivity index (χ0n) is 15.6. The van der Waals surface area contributed by atoms with E-state index >= 15 is 0 Å². The van der Waals surface area contributed by atoms with Gasteiger partial charge < -0.3 is 15.0 Å². The molecule has 2 amide bonds. The van der Waals surface area contributed by atoms with Crippen molar-refractivity contribution in [2.45, 2.75) is 13.0 Å². The summed E-state index contributed by atoms with van der Waals surface area (Å²) in [7, 11) is 0. The van der Waals surface area contributed by atoms with Gasteiger partial charge in [0.05, 0.1) is 36.2 Å². The Morgan fingerprint density at radius 1 is 1.21 bits per heavy atom. The lowest BCUT2D eigenvalue weighted by molar-refractivity contribution is 0.0365. The number of hydrogen-bond acceptors (Lipinski definition) is 4. The average molecular weight is 423 g/mol. The molecule has 0 atom stereocenters. The molecule has 1 aliphatic rings. The highest BCUT2D eigenvalue weighted by atomic mass is 35.5. The third-order valence-electron chi connectivity index (χ3n) is 4.55. The molecule has 3 rings (SSSR count).